The fraction of sp³-hybridized carbons (Fsp3) is 0.556. The second-order valence-corrected chi connectivity index (χ2v) is 2.86. The van der Waals surface area contributed by atoms with Gasteiger partial charge in [-0.3, -0.25) is 0 Å². The summed E-state index contributed by atoms with van der Waals surface area (Å²) in [5, 5.41) is 6.27. The highest BCUT2D eigenvalue weighted by molar-refractivity contribution is 5.87. The highest BCUT2D eigenvalue weighted by Gasteiger charge is 2.12. The molecule has 82 valence electrons. The minimum atomic E-state index is -0.499. The predicted molar refractivity (Wildman–Crippen MR) is 51.4 cm³/mol. The second-order valence-electron chi connectivity index (χ2n) is 2.86. The van der Waals surface area contributed by atoms with E-state index in [0.29, 0.717) is 25.2 Å². The van der Waals surface area contributed by atoms with Gasteiger partial charge in [0, 0.05) is 12.5 Å². The zero-order valence-corrected chi connectivity index (χ0v) is 8.43. The molecule has 1 rings (SSSR count). The number of nitroso groups, excluding NO2 is 1. The summed E-state index contributed by atoms with van der Waals surface area (Å²) in [6.07, 6.45) is 1.12. The molecular formula is C9H12N2O4. The first-order valence-electron chi connectivity index (χ1n) is 4.69. The van der Waals surface area contributed by atoms with Crippen LogP contribution in [0.25, 0.3) is 0 Å². The van der Waals surface area contributed by atoms with Crippen molar-refractivity contribution in [2.45, 2.75) is 19.8 Å². The lowest BCUT2D eigenvalue weighted by Crippen LogP contribution is -2.04. The van der Waals surface area contributed by atoms with Gasteiger partial charge < -0.3 is 9.26 Å². The molecule has 0 aliphatic carbocycles. The maximum atomic E-state index is 11.2. The predicted octanol–water partition coefficient (Wildman–Crippen LogP) is 1.55. The Kier molecular flexibility index (Phi) is 4.46. The molecule has 0 saturated carbocycles. The Balaban J connectivity index is 2.48. The van der Waals surface area contributed by atoms with Gasteiger partial charge in [-0.2, -0.15) is 4.91 Å². The van der Waals surface area contributed by atoms with E-state index in [2.05, 4.69) is 10.3 Å². The van der Waals surface area contributed by atoms with Gasteiger partial charge in [-0.15, -0.1) is 0 Å². The van der Waals surface area contributed by atoms with Gasteiger partial charge in [0.25, 0.3) is 0 Å². The molecular weight excluding hydrogens is 200 g/mol. The van der Waals surface area contributed by atoms with E-state index in [-0.39, 0.29) is 12.2 Å². The molecule has 1 heterocycles. The van der Waals surface area contributed by atoms with Crippen LogP contribution in [0.5, 0.6) is 0 Å². The number of esters is 1. The monoisotopic (exact) mass is 212 g/mol. The van der Waals surface area contributed by atoms with Crippen LogP contribution in [-0.2, 0) is 11.2 Å². The summed E-state index contributed by atoms with van der Waals surface area (Å²) >= 11 is 0. The van der Waals surface area contributed by atoms with E-state index in [4.69, 9.17) is 9.26 Å². The largest absolute Gasteiger partial charge is 0.461 e. The summed E-state index contributed by atoms with van der Waals surface area (Å²) < 4.78 is 9.62. The van der Waals surface area contributed by atoms with Crippen molar-refractivity contribution in [3.05, 3.63) is 22.4 Å². The van der Waals surface area contributed by atoms with Gasteiger partial charge in [0.15, 0.2) is 5.69 Å². The number of rotatable bonds is 6. The number of hydrogen-bond donors (Lipinski definition) is 0. The molecule has 15 heavy (non-hydrogen) atoms. The molecule has 0 bridgehead atoms. The Morgan fingerprint density at radius 2 is 2.47 bits per heavy atom. The number of hydrogen-bond acceptors (Lipinski definition) is 6. The van der Waals surface area contributed by atoms with Crippen LogP contribution in [0, 0.1) is 4.91 Å². The molecule has 0 N–H and O–H groups in total. The van der Waals surface area contributed by atoms with Gasteiger partial charge in [-0.1, -0.05) is 10.3 Å². The van der Waals surface area contributed by atoms with E-state index in [9.17, 15) is 9.70 Å². The molecule has 0 amide bonds. The summed E-state index contributed by atoms with van der Waals surface area (Å²) in [7, 11) is 0. The lowest BCUT2D eigenvalue weighted by Gasteiger charge is -1.94. The number of carbonyl (C=O) groups is 1. The summed E-state index contributed by atoms with van der Waals surface area (Å²) in [6, 6.07) is 1.52. The minimum absolute atomic E-state index is 0.158. The number of aromatic nitrogens is 1. The third-order valence-electron chi connectivity index (χ3n) is 1.72. The summed E-state index contributed by atoms with van der Waals surface area (Å²) in [5.74, 6) is 0.0581. The zero-order valence-electron chi connectivity index (χ0n) is 8.43. The van der Waals surface area contributed by atoms with Crippen LogP contribution in [0.15, 0.2) is 15.8 Å². The van der Waals surface area contributed by atoms with Crippen molar-refractivity contribution in [3.63, 3.8) is 0 Å². The Labute approximate surface area is 86.6 Å². The molecule has 0 aliphatic heterocycles. The van der Waals surface area contributed by atoms with Gasteiger partial charge >= 0.3 is 5.97 Å². The second kappa shape index (κ2) is 5.90. The molecule has 1 aromatic rings. The van der Waals surface area contributed by atoms with Gasteiger partial charge in [-0.25, -0.2) is 4.79 Å². The highest BCUT2D eigenvalue weighted by atomic mass is 16.5. The molecule has 0 spiro atoms. The quantitative estimate of drug-likeness (QED) is 0.406. The van der Waals surface area contributed by atoms with E-state index in [0.717, 1.165) is 0 Å². The molecule has 0 fully saturated rings. The van der Waals surface area contributed by atoms with Crippen LogP contribution in [0.2, 0.25) is 0 Å². The average Bonchev–Trinajstić information content (AvgIpc) is 2.67. The molecule has 0 aromatic carbocycles. The minimum Gasteiger partial charge on any atom is -0.461 e. The van der Waals surface area contributed by atoms with Crippen molar-refractivity contribution in [1.82, 2.24) is 5.16 Å². The van der Waals surface area contributed by atoms with Crippen molar-refractivity contribution in [2.24, 2.45) is 5.18 Å². The van der Waals surface area contributed by atoms with Crippen molar-refractivity contribution in [2.75, 3.05) is 13.2 Å². The van der Waals surface area contributed by atoms with Gasteiger partial charge in [0.05, 0.1) is 13.2 Å². The number of ether oxygens (including phenoxy) is 1. The first-order chi connectivity index (χ1) is 7.27. The number of aryl methyl sites for hydroxylation is 1. The van der Waals surface area contributed by atoms with Crippen LogP contribution in [0.3, 0.4) is 0 Å². The van der Waals surface area contributed by atoms with Gasteiger partial charge in [-0.05, 0) is 13.3 Å². The Hall–Kier alpha value is -1.72. The van der Waals surface area contributed by atoms with Crippen molar-refractivity contribution >= 4 is 5.97 Å². The molecule has 0 radical (unpaired) electrons. The fourth-order valence-electron chi connectivity index (χ4n) is 1.05. The summed E-state index contributed by atoms with van der Waals surface area (Å²) in [6.45, 7) is 2.25. The molecule has 0 unspecified atom stereocenters. The van der Waals surface area contributed by atoms with Crippen LogP contribution in [-0.4, -0.2) is 24.3 Å². The third-order valence-corrected chi connectivity index (χ3v) is 1.72. The Bertz CT molecular complexity index is 335. The topological polar surface area (TPSA) is 81.8 Å². The molecule has 0 aliphatic rings. The normalized spacial score (nSPS) is 9.93. The molecule has 6 nitrogen and oxygen atoms in total. The molecule has 0 atom stereocenters. The Morgan fingerprint density at radius 3 is 3.13 bits per heavy atom. The maximum Gasteiger partial charge on any atom is 0.360 e. The van der Waals surface area contributed by atoms with Crippen LogP contribution in [0.4, 0.5) is 0 Å². The maximum absolute atomic E-state index is 11.2. The van der Waals surface area contributed by atoms with Gasteiger partial charge in [0.2, 0.25) is 0 Å². The van der Waals surface area contributed by atoms with Crippen LogP contribution in [0.1, 0.15) is 29.6 Å². The van der Waals surface area contributed by atoms with E-state index in [1.165, 1.54) is 6.07 Å². The SMILES string of the molecule is CCOC(=O)c1cc(CCCN=O)on1. The summed E-state index contributed by atoms with van der Waals surface area (Å²) in [5.41, 5.74) is 0.158. The van der Waals surface area contributed by atoms with E-state index >= 15 is 0 Å². The van der Waals surface area contributed by atoms with Crippen molar-refractivity contribution in [3.8, 4) is 0 Å². The first-order valence-corrected chi connectivity index (χ1v) is 4.69. The van der Waals surface area contributed by atoms with Crippen molar-refractivity contribution < 1.29 is 14.1 Å². The van der Waals surface area contributed by atoms with Crippen LogP contribution < -0.4 is 0 Å². The van der Waals surface area contributed by atoms with E-state index < -0.39 is 5.97 Å². The van der Waals surface area contributed by atoms with Gasteiger partial charge in [0.1, 0.15) is 5.76 Å². The smallest absolute Gasteiger partial charge is 0.360 e. The third kappa shape index (κ3) is 3.49. The van der Waals surface area contributed by atoms with Crippen LogP contribution >= 0.6 is 0 Å². The molecule has 6 heteroatoms. The van der Waals surface area contributed by atoms with E-state index in [1.807, 2.05) is 0 Å². The first kappa shape index (κ1) is 11.4. The lowest BCUT2D eigenvalue weighted by atomic mass is 10.2. The molecule has 1 aromatic heterocycles. The lowest BCUT2D eigenvalue weighted by molar-refractivity contribution is 0.0514. The Morgan fingerprint density at radius 1 is 1.67 bits per heavy atom. The summed E-state index contributed by atoms with van der Waals surface area (Å²) in [4.78, 5) is 21.0. The number of nitrogens with zero attached hydrogens (tertiary/aromatic N) is 2. The number of carbonyl (C=O) groups excluding carboxylic acids is 1. The van der Waals surface area contributed by atoms with E-state index in [1.54, 1.807) is 6.92 Å². The average molecular weight is 212 g/mol. The highest BCUT2D eigenvalue weighted by Crippen LogP contribution is 2.07. The zero-order chi connectivity index (χ0) is 11.1. The standard InChI is InChI=1S/C9H12N2O4/c1-2-14-9(12)8-6-7(15-11-8)4-3-5-10-13/h6H,2-5H2,1H3. The van der Waals surface area contributed by atoms with Crippen molar-refractivity contribution in [1.29, 1.82) is 0 Å². The molecule has 0 saturated heterocycles. The fourth-order valence-corrected chi connectivity index (χ4v) is 1.05.